The van der Waals surface area contributed by atoms with Gasteiger partial charge in [0.05, 0.1) is 14.2 Å². The molecule has 1 saturated heterocycles. The van der Waals surface area contributed by atoms with E-state index in [1.54, 1.807) is 19.1 Å². The van der Waals surface area contributed by atoms with Crippen molar-refractivity contribution in [3.05, 3.63) is 53.6 Å². The second-order valence-corrected chi connectivity index (χ2v) is 7.93. The van der Waals surface area contributed by atoms with Crippen molar-refractivity contribution in [1.82, 2.24) is 4.90 Å². The first-order valence-corrected chi connectivity index (χ1v) is 9.97. The zero-order valence-electron chi connectivity index (χ0n) is 17.4. The number of benzene rings is 2. The number of rotatable bonds is 6. The van der Waals surface area contributed by atoms with E-state index in [0.29, 0.717) is 36.6 Å². The monoisotopic (exact) mass is 410 g/mol. The summed E-state index contributed by atoms with van der Waals surface area (Å²) in [4.78, 5) is 27.3. The number of ether oxygens (including phenoxy) is 3. The van der Waals surface area contributed by atoms with E-state index in [1.165, 1.54) is 0 Å². The third-order valence-corrected chi connectivity index (χ3v) is 6.13. The molecule has 0 aromatic heterocycles. The molecule has 0 aliphatic carbocycles. The van der Waals surface area contributed by atoms with Crippen LogP contribution in [0.1, 0.15) is 30.4 Å². The molecule has 2 aromatic carbocycles. The number of nitrogens with two attached hydrogens (primary N) is 1. The second kappa shape index (κ2) is 7.55. The Morgan fingerprint density at radius 2 is 1.93 bits per heavy atom. The summed E-state index contributed by atoms with van der Waals surface area (Å²) in [5, 5.41) is 0. The topological polar surface area (TPSA) is 91.1 Å². The molecule has 2 aliphatic rings. The molecule has 2 amide bonds. The van der Waals surface area contributed by atoms with Crippen molar-refractivity contribution in [3.8, 4) is 17.2 Å². The Bertz CT molecular complexity index is 991. The SMILES string of the molecule is COc1ccc(CCN2C(=O)[C@H](C(N)=O)[C@H]3C[C@@]2(C)Oc2ccccc23)cc1OC. The number of para-hydroxylation sites is 1. The Kier molecular flexibility index (Phi) is 5.05. The summed E-state index contributed by atoms with van der Waals surface area (Å²) in [6, 6.07) is 13.2. The summed E-state index contributed by atoms with van der Waals surface area (Å²) in [6.45, 7) is 2.29. The van der Waals surface area contributed by atoms with E-state index in [9.17, 15) is 9.59 Å². The van der Waals surface area contributed by atoms with E-state index in [1.807, 2.05) is 49.4 Å². The van der Waals surface area contributed by atoms with Crippen LogP contribution in [-0.2, 0) is 16.0 Å². The summed E-state index contributed by atoms with van der Waals surface area (Å²) in [5.41, 5.74) is 6.69. The summed E-state index contributed by atoms with van der Waals surface area (Å²) in [7, 11) is 3.17. The van der Waals surface area contributed by atoms with Gasteiger partial charge in [-0.3, -0.25) is 9.59 Å². The van der Waals surface area contributed by atoms with Gasteiger partial charge in [0.25, 0.3) is 0 Å². The van der Waals surface area contributed by atoms with Crippen molar-refractivity contribution in [3.63, 3.8) is 0 Å². The Morgan fingerprint density at radius 1 is 1.20 bits per heavy atom. The largest absolute Gasteiger partial charge is 0.493 e. The van der Waals surface area contributed by atoms with Crippen LogP contribution >= 0.6 is 0 Å². The van der Waals surface area contributed by atoms with Crippen LogP contribution in [0.5, 0.6) is 17.2 Å². The minimum absolute atomic E-state index is 0.276. The van der Waals surface area contributed by atoms with Crippen LogP contribution in [-0.4, -0.2) is 43.2 Å². The minimum atomic E-state index is -0.895. The van der Waals surface area contributed by atoms with Crippen molar-refractivity contribution >= 4 is 11.8 Å². The quantitative estimate of drug-likeness (QED) is 0.739. The van der Waals surface area contributed by atoms with Gasteiger partial charge in [0.15, 0.2) is 17.2 Å². The van der Waals surface area contributed by atoms with Crippen LogP contribution in [0.15, 0.2) is 42.5 Å². The molecule has 158 valence electrons. The van der Waals surface area contributed by atoms with Gasteiger partial charge in [0.2, 0.25) is 11.8 Å². The maximum atomic E-state index is 13.3. The van der Waals surface area contributed by atoms with Crippen molar-refractivity contribution in [2.75, 3.05) is 20.8 Å². The molecule has 0 unspecified atom stereocenters. The minimum Gasteiger partial charge on any atom is -0.493 e. The highest BCUT2D eigenvalue weighted by molar-refractivity contribution is 6.01. The van der Waals surface area contributed by atoms with Gasteiger partial charge >= 0.3 is 0 Å². The number of methoxy groups -OCH3 is 2. The van der Waals surface area contributed by atoms with Gasteiger partial charge < -0.3 is 24.8 Å². The fourth-order valence-electron chi connectivity index (χ4n) is 4.66. The number of amides is 2. The molecule has 30 heavy (non-hydrogen) atoms. The normalized spacial score (nSPS) is 24.6. The Hall–Kier alpha value is -3.22. The highest BCUT2D eigenvalue weighted by Crippen LogP contribution is 2.50. The zero-order valence-corrected chi connectivity index (χ0v) is 17.4. The number of nitrogens with zero attached hydrogens (tertiary/aromatic N) is 1. The highest BCUT2D eigenvalue weighted by atomic mass is 16.5. The van der Waals surface area contributed by atoms with Gasteiger partial charge in [0.1, 0.15) is 11.7 Å². The van der Waals surface area contributed by atoms with E-state index in [-0.39, 0.29) is 11.8 Å². The number of hydrogen-bond donors (Lipinski definition) is 1. The molecule has 0 spiro atoms. The Morgan fingerprint density at radius 3 is 2.63 bits per heavy atom. The molecule has 0 saturated carbocycles. The van der Waals surface area contributed by atoms with E-state index in [4.69, 9.17) is 19.9 Å². The highest BCUT2D eigenvalue weighted by Gasteiger charge is 2.55. The maximum Gasteiger partial charge on any atom is 0.238 e. The van der Waals surface area contributed by atoms with Gasteiger partial charge in [-0.2, -0.15) is 0 Å². The molecule has 7 nitrogen and oxygen atoms in total. The predicted octanol–water partition coefficient (Wildman–Crippen LogP) is 2.47. The van der Waals surface area contributed by atoms with E-state index in [2.05, 4.69) is 0 Å². The van der Waals surface area contributed by atoms with Crippen molar-refractivity contribution in [2.45, 2.75) is 31.4 Å². The Labute approximate surface area is 175 Å². The summed E-state index contributed by atoms with van der Waals surface area (Å²) in [6.07, 6.45) is 1.10. The van der Waals surface area contributed by atoms with E-state index >= 15 is 0 Å². The van der Waals surface area contributed by atoms with Crippen LogP contribution in [0.3, 0.4) is 0 Å². The second-order valence-electron chi connectivity index (χ2n) is 7.93. The number of carbonyl (C=O) groups is 2. The molecule has 0 radical (unpaired) electrons. The lowest BCUT2D eigenvalue weighted by atomic mass is 9.73. The van der Waals surface area contributed by atoms with E-state index < -0.39 is 17.6 Å². The van der Waals surface area contributed by atoms with Gasteiger partial charge in [-0.25, -0.2) is 0 Å². The lowest BCUT2D eigenvalue weighted by Crippen LogP contribution is -2.64. The first-order chi connectivity index (χ1) is 14.4. The number of primary amides is 1. The molecule has 2 aromatic rings. The van der Waals surface area contributed by atoms with Crippen molar-refractivity contribution < 1.29 is 23.8 Å². The summed E-state index contributed by atoms with van der Waals surface area (Å²) in [5.74, 6) is -0.0757. The fraction of sp³-hybridized carbons (Fsp3) is 0.391. The lowest BCUT2D eigenvalue weighted by molar-refractivity contribution is -0.175. The first-order valence-electron chi connectivity index (χ1n) is 9.97. The Balaban J connectivity index is 1.64. The van der Waals surface area contributed by atoms with Crippen molar-refractivity contribution in [2.24, 2.45) is 11.7 Å². The average molecular weight is 410 g/mol. The first kappa shape index (κ1) is 20.1. The van der Waals surface area contributed by atoms with Crippen molar-refractivity contribution in [1.29, 1.82) is 0 Å². The van der Waals surface area contributed by atoms with E-state index in [0.717, 1.165) is 11.1 Å². The van der Waals surface area contributed by atoms with Gasteiger partial charge in [-0.05, 0) is 42.7 Å². The third-order valence-electron chi connectivity index (χ3n) is 6.13. The standard InChI is InChI=1S/C23H26N2O5/c1-23-13-16(15-6-4-5-7-17(15)30-23)20(21(24)26)22(27)25(23)11-10-14-8-9-18(28-2)19(12-14)29-3/h4-9,12,16,20H,10-11,13H2,1-3H3,(H2,24,26)/t16-,20-,23+/m0/s1. The van der Waals surface area contributed by atoms with Gasteiger partial charge in [0, 0.05) is 18.9 Å². The summed E-state index contributed by atoms with van der Waals surface area (Å²) >= 11 is 0. The number of likely N-dealkylation sites (tertiary alicyclic amines) is 1. The summed E-state index contributed by atoms with van der Waals surface area (Å²) < 4.78 is 16.9. The smallest absolute Gasteiger partial charge is 0.238 e. The number of carbonyl (C=O) groups excluding carboxylic acids is 2. The number of hydrogen-bond acceptors (Lipinski definition) is 5. The molecule has 2 bridgehead atoms. The molecule has 4 rings (SSSR count). The number of fused-ring (bicyclic) bond motifs is 4. The van der Waals surface area contributed by atoms with Crippen LogP contribution in [0.25, 0.3) is 0 Å². The molecule has 2 N–H and O–H groups in total. The molecule has 1 fully saturated rings. The molecule has 3 atom stereocenters. The van der Waals surface area contributed by atoms with Crippen LogP contribution in [0.4, 0.5) is 0 Å². The number of piperidine rings is 1. The van der Waals surface area contributed by atoms with Crippen LogP contribution in [0.2, 0.25) is 0 Å². The maximum absolute atomic E-state index is 13.3. The van der Waals surface area contributed by atoms with Crippen LogP contribution < -0.4 is 19.9 Å². The molecule has 2 heterocycles. The molecule has 7 heteroatoms. The van der Waals surface area contributed by atoms with Gasteiger partial charge in [-0.1, -0.05) is 24.3 Å². The lowest BCUT2D eigenvalue weighted by Gasteiger charge is -2.52. The fourth-order valence-corrected chi connectivity index (χ4v) is 4.66. The zero-order chi connectivity index (χ0) is 21.5. The third kappa shape index (κ3) is 3.24. The molecular formula is C23H26N2O5. The predicted molar refractivity (Wildman–Crippen MR) is 110 cm³/mol. The van der Waals surface area contributed by atoms with Crippen LogP contribution in [0, 0.1) is 5.92 Å². The molecular weight excluding hydrogens is 384 g/mol. The van der Waals surface area contributed by atoms with Gasteiger partial charge in [-0.15, -0.1) is 0 Å². The molecule has 2 aliphatic heterocycles. The average Bonchev–Trinajstić information content (AvgIpc) is 2.72.